The smallest absolute Gasteiger partial charge is 0.257 e. The molecule has 142 valence electrons. The second-order valence-corrected chi connectivity index (χ2v) is 6.42. The monoisotopic (exact) mass is 369 g/mol. The van der Waals surface area contributed by atoms with Gasteiger partial charge in [0.05, 0.1) is 5.56 Å². The minimum atomic E-state index is -0.233. The van der Waals surface area contributed by atoms with Crippen molar-refractivity contribution >= 4 is 11.7 Å². The van der Waals surface area contributed by atoms with E-state index in [4.69, 9.17) is 14.2 Å². The van der Waals surface area contributed by atoms with Gasteiger partial charge in [-0.3, -0.25) is 9.59 Å². The Bertz CT molecular complexity index is 846. The molecule has 0 unspecified atom stereocenters. The summed E-state index contributed by atoms with van der Waals surface area (Å²) in [6.07, 6.45) is 0.672. The van der Waals surface area contributed by atoms with Gasteiger partial charge < -0.3 is 19.5 Å². The van der Waals surface area contributed by atoms with Crippen LogP contribution in [0.4, 0.5) is 0 Å². The Morgan fingerprint density at radius 2 is 1.85 bits per heavy atom. The topological polar surface area (TPSA) is 73.9 Å². The molecule has 0 aliphatic carbocycles. The standard InChI is InChI=1S/C21H23NO5/c1-14-3-5-17(15(2)23)19(11-14)27-13-21(24)22-8-7-16-4-6-18-20(12-16)26-10-9-25-18/h3-6,11-12H,7-10,13H2,1-2H3,(H,22,24). The molecule has 1 N–H and O–H groups in total. The SMILES string of the molecule is CC(=O)c1ccc(C)cc1OCC(=O)NCCc1ccc2c(c1)OCCO2. The van der Waals surface area contributed by atoms with Gasteiger partial charge in [-0.05, 0) is 55.7 Å². The Morgan fingerprint density at radius 3 is 2.63 bits per heavy atom. The predicted molar refractivity (Wildman–Crippen MR) is 101 cm³/mol. The quantitative estimate of drug-likeness (QED) is 0.760. The van der Waals surface area contributed by atoms with E-state index in [-0.39, 0.29) is 18.3 Å². The summed E-state index contributed by atoms with van der Waals surface area (Å²) < 4.78 is 16.6. The zero-order chi connectivity index (χ0) is 19.2. The molecule has 0 saturated heterocycles. The van der Waals surface area contributed by atoms with E-state index < -0.39 is 0 Å². The molecule has 0 fully saturated rings. The molecular weight excluding hydrogens is 346 g/mol. The number of fused-ring (bicyclic) bond motifs is 1. The minimum Gasteiger partial charge on any atom is -0.486 e. The van der Waals surface area contributed by atoms with Gasteiger partial charge in [-0.25, -0.2) is 0 Å². The zero-order valence-electron chi connectivity index (χ0n) is 15.5. The lowest BCUT2D eigenvalue weighted by Crippen LogP contribution is -2.30. The largest absolute Gasteiger partial charge is 0.486 e. The molecule has 3 rings (SSSR count). The van der Waals surface area contributed by atoms with Crippen molar-refractivity contribution in [3.8, 4) is 17.2 Å². The summed E-state index contributed by atoms with van der Waals surface area (Å²) in [4.78, 5) is 23.7. The Hall–Kier alpha value is -3.02. The number of ketones is 1. The van der Waals surface area contributed by atoms with Gasteiger partial charge in [0.2, 0.25) is 0 Å². The van der Waals surface area contributed by atoms with Gasteiger partial charge in [0, 0.05) is 6.54 Å². The molecule has 1 heterocycles. The van der Waals surface area contributed by atoms with Gasteiger partial charge in [-0.1, -0.05) is 12.1 Å². The maximum absolute atomic E-state index is 12.0. The van der Waals surface area contributed by atoms with Crippen LogP contribution in [0.1, 0.15) is 28.4 Å². The Labute approximate surface area is 158 Å². The molecular formula is C21H23NO5. The van der Waals surface area contributed by atoms with E-state index in [1.807, 2.05) is 31.2 Å². The summed E-state index contributed by atoms with van der Waals surface area (Å²) >= 11 is 0. The number of nitrogens with one attached hydrogen (secondary N) is 1. The first-order chi connectivity index (χ1) is 13.0. The van der Waals surface area contributed by atoms with E-state index in [0.717, 1.165) is 22.6 Å². The highest BCUT2D eigenvalue weighted by molar-refractivity contribution is 5.97. The van der Waals surface area contributed by atoms with Crippen LogP contribution < -0.4 is 19.5 Å². The van der Waals surface area contributed by atoms with Gasteiger partial charge >= 0.3 is 0 Å². The van der Waals surface area contributed by atoms with E-state index in [9.17, 15) is 9.59 Å². The predicted octanol–water partition coefficient (Wildman–Crippen LogP) is 2.71. The fourth-order valence-corrected chi connectivity index (χ4v) is 2.82. The Balaban J connectivity index is 1.48. The number of hydrogen-bond acceptors (Lipinski definition) is 5. The number of hydrogen-bond donors (Lipinski definition) is 1. The van der Waals surface area contributed by atoms with E-state index in [1.165, 1.54) is 6.92 Å². The van der Waals surface area contributed by atoms with Crippen LogP contribution in [0.5, 0.6) is 17.2 Å². The van der Waals surface area contributed by atoms with Crippen molar-refractivity contribution < 1.29 is 23.8 Å². The van der Waals surface area contributed by atoms with Crippen molar-refractivity contribution in [1.29, 1.82) is 0 Å². The molecule has 0 spiro atoms. The number of amides is 1. The molecule has 0 radical (unpaired) electrons. The Kier molecular flexibility index (Phi) is 5.96. The van der Waals surface area contributed by atoms with Crippen molar-refractivity contribution in [3.63, 3.8) is 0 Å². The number of ether oxygens (including phenoxy) is 3. The highest BCUT2D eigenvalue weighted by Crippen LogP contribution is 2.30. The summed E-state index contributed by atoms with van der Waals surface area (Å²) in [5.41, 5.74) is 2.50. The van der Waals surface area contributed by atoms with Crippen LogP contribution in [0.25, 0.3) is 0 Å². The number of carbonyl (C=O) groups is 2. The second-order valence-electron chi connectivity index (χ2n) is 6.42. The van der Waals surface area contributed by atoms with Gasteiger partial charge in [-0.2, -0.15) is 0 Å². The van der Waals surface area contributed by atoms with E-state index in [1.54, 1.807) is 12.1 Å². The van der Waals surface area contributed by atoms with Gasteiger partial charge in [0.25, 0.3) is 5.91 Å². The molecule has 2 aromatic carbocycles. The maximum atomic E-state index is 12.0. The van der Waals surface area contributed by atoms with Crippen LogP contribution >= 0.6 is 0 Å². The van der Waals surface area contributed by atoms with Crippen LogP contribution in [0.3, 0.4) is 0 Å². The van der Waals surface area contributed by atoms with Crippen molar-refractivity contribution in [2.75, 3.05) is 26.4 Å². The third-order valence-electron chi connectivity index (χ3n) is 4.22. The molecule has 0 saturated carbocycles. The lowest BCUT2D eigenvalue weighted by Gasteiger charge is -2.18. The van der Waals surface area contributed by atoms with Crippen molar-refractivity contribution in [2.24, 2.45) is 0 Å². The normalized spacial score (nSPS) is 12.4. The molecule has 6 heteroatoms. The number of rotatable bonds is 7. The molecule has 0 aromatic heterocycles. The van der Waals surface area contributed by atoms with Crippen LogP contribution in [0, 0.1) is 6.92 Å². The molecule has 2 aromatic rings. The van der Waals surface area contributed by atoms with E-state index in [2.05, 4.69) is 5.32 Å². The van der Waals surface area contributed by atoms with Crippen molar-refractivity contribution in [1.82, 2.24) is 5.32 Å². The third-order valence-corrected chi connectivity index (χ3v) is 4.22. The highest BCUT2D eigenvalue weighted by Gasteiger charge is 2.13. The summed E-state index contributed by atoms with van der Waals surface area (Å²) in [6.45, 7) is 4.84. The van der Waals surface area contributed by atoms with Crippen LogP contribution in [-0.4, -0.2) is 38.1 Å². The molecule has 6 nitrogen and oxygen atoms in total. The number of benzene rings is 2. The third kappa shape index (κ3) is 5.00. The first-order valence-electron chi connectivity index (χ1n) is 8.92. The van der Waals surface area contributed by atoms with E-state index in [0.29, 0.717) is 37.5 Å². The lowest BCUT2D eigenvalue weighted by molar-refractivity contribution is -0.123. The van der Waals surface area contributed by atoms with Crippen molar-refractivity contribution in [2.45, 2.75) is 20.3 Å². The summed E-state index contributed by atoms with van der Waals surface area (Å²) in [5, 5.41) is 2.82. The average Bonchev–Trinajstić information content (AvgIpc) is 2.66. The van der Waals surface area contributed by atoms with Crippen LogP contribution in [-0.2, 0) is 11.2 Å². The van der Waals surface area contributed by atoms with Gasteiger partial charge in [0.15, 0.2) is 23.9 Å². The second kappa shape index (κ2) is 8.58. The summed E-state index contributed by atoms with van der Waals surface area (Å²) in [6, 6.07) is 11.1. The zero-order valence-corrected chi connectivity index (χ0v) is 15.5. The molecule has 1 aliphatic heterocycles. The maximum Gasteiger partial charge on any atom is 0.257 e. The molecule has 0 bridgehead atoms. The number of aryl methyl sites for hydroxylation is 1. The molecule has 27 heavy (non-hydrogen) atoms. The Morgan fingerprint density at radius 1 is 1.07 bits per heavy atom. The van der Waals surface area contributed by atoms with Crippen LogP contribution in [0.15, 0.2) is 36.4 Å². The van der Waals surface area contributed by atoms with Gasteiger partial charge in [-0.15, -0.1) is 0 Å². The van der Waals surface area contributed by atoms with Crippen molar-refractivity contribution in [3.05, 3.63) is 53.1 Å². The van der Waals surface area contributed by atoms with Crippen LogP contribution in [0.2, 0.25) is 0 Å². The number of Topliss-reactive ketones (excluding diaryl/α,β-unsaturated/α-hetero) is 1. The first kappa shape index (κ1) is 18.8. The molecule has 0 atom stereocenters. The lowest BCUT2D eigenvalue weighted by atomic mass is 10.1. The first-order valence-corrected chi connectivity index (χ1v) is 8.92. The fourth-order valence-electron chi connectivity index (χ4n) is 2.82. The highest BCUT2D eigenvalue weighted by atomic mass is 16.6. The summed E-state index contributed by atoms with van der Waals surface area (Å²) in [5.74, 6) is 1.60. The fraction of sp³-hybridized carbons (Fsp3) is 0.333. The number of carbonyl (C=O) groups excluding carboxylic acids is 2. The molecule has 1 aliphatic rings. The van der Waals surface area contributed by atoms with E-state index >= 15 is 0 Å². The summed E-state index contributed by atoms with van der Waals surface area (Å²) in [7, 11) is 0. The average molecular weight is 369 g/mol. The minimum absolute atomic E-state index is 0.0935. The molecule has 1 amide bonds. The van der Waals surface area contributed by atoms with Gasteiger partial charge in [0.1, 0.15) is 19.0 Å².